The third-order valence-electron chi connectivity index (χ3n) is 17.4. The van der Waals surface area contributed by atoms with Crippen molar-refractivity contribution in [1.29, 1.82) is 0 Å². The van der Waals surface area contributed by atoms with Crippen molar-refractivity contribution in [2.24, 2.45) is 0 Å². The Balaban J connectivity index is 3.43. The number of unbranched alkanes of at least 4 members (excludes halogenated alkanes) is 51. The predicted molar refractivity (Wildman–Crippen MR) is 377 cm³/mol. The lowest BCUT2D eigenvalue weighted by Crippen LogP contribution is -2.45. The maximum atomic E-state index is 12.6. The third kappa shape index (κ3) is 70.3. The molecule has 0 aromatic heterocycles. The molecule has 0 aromatic rings. The van der Waals surface area contributed by atoms with Gasteiger partial charge in [0.1, 0.15) is 0 Å². The minimum absolute atomic E-state index is 0.0573. The number of carbonyl (C=O) groups excluding carboxylic acids is 1. The molecular weight excluding hydrogens is 1020 g/mol. The van der Waals surface area contributed by atoms with Crippen LogP contribution in [0.2, 0.25) is 0 Å². The second-order valence-electron chi connectivity index (χ2n) is 25.7. The van der Waals surface area contributed by atoms with Crippen LogP contribution in [-0.4, -0.2) is 34.9 Å². The predicted octanol–water partition coefficient (Wildman–Crippen LogP) is 26.2. The molecular formula is C80H147NO3. The fraction of sp³-hybridized carbons (Fsp3) is 0.812. The van der Waals surface area contributed by atoms with Gasteiger partial charge < -0.3 is 15.5 Å². The van der Waals surface area contributed by atoms with E-state index < -0.39 is 12.1 Å². The van der Waals surface area contributed by atoms with E-state index in [4.69, 9.17) is 0 Å². The zero-order valence-electron chi connectivity index (χ0n) is 56.7. The molecule has 0 spiro atoms. The van der Waals surface area contributed by atoms with Crippen LogP contribution in [0.3, 0.4) is 0 Å². The smallest absolute Gasteiger partial charge is 0.220 e. The van der Waals surface area contributed by atoms with Crippen molar-refractivity contribution < 1.29 is 15.0 Å². The van der Waals surface area contributed by atoms with Crippen LogP contribution in [0.1, 0.15) is 399 Å². The number of aliphatic hydroxyl groups is 2. The van der Waals surface area contributed by atoms with Crippen molar-refractivity contribution >= 4 is 5.91 Å². The van der Waals surface area contributed by atoms with Crippen molar-refractivity contribution in [2.45, 2.75) is 411 Å². The van der Waals surface area contributed by atoms with Crippen molar-refractivity contribution in [3.05, 3.63) is 85.1 Å². The molecule has 0 aliphatic heterocycles. The first-order valence-electron chi connectivity index (χ1n) is 37.8. The van der Waals surface area contributed by atoms with Gasteiger partial charge in [-0.05, 0) is 70.6 Å². The fourth-order valence-corrected chi connectivity index (χ4v) is 11.7. The van der Waals surface area contributed by atoms with Crippen molar-refractivity contribution in [1.82, 2.24) is 5.32 Å². The van der Waals surface area contributed by atoms with E-state index in [1.165, 1.54) is 315 Å². The molecule has 0 saturated heterocycles. The molecule has 0 heterocycles. The maximum absolute atomic E-state index is 12.6. The molecule has 0 aliphatic rings. The lowest BCUT2D eigenvalue weighted by molar-refractivity contribution is -0.123. The van der Waals surface area contributed by atoms with Crippen LogP contribution < -0.4 is 5.32 Å². The summed E-state index contributed by atoms with van der Waals surface area (Å²) in [4.78, 5) is 12.6. The highest BCUT2D eigenvalue weighted by atomic mass is 16.3. The van der Waals surface area contributed by atoms with Gasteiger partial charge in [-0.25, -0.2) is 0 Å². The molecule has 0 radical (unpaired) electrons. The van der Waals surface area contributed by atoms with Gasteiger partial charge >= 0.3 is 0 Å². The summed E-state index contributed by atoms with van der Waals surface area (Å²) in [7, 11) is 0. The van der Waals surface area contributed by atoms with Gasteiger partial charge in [-0.2, -0.15) is 0 Å². The normalized spacial score (nSPS) is 13.1. The van der Waals surface area contributed by atoms with E-state index in [1.807, 2.05) is 6.08 Å². The summed E-state index contributed by atoms with van der Waals surface area (Å²) in [6, 6.07) is -0.625. The summed E-state index contributed by atoms with van der Waals surface area (Å²) in [6.45, 7) is 4.23. The van der Waals surface area contributed by atoms with Gasteiger partial charge in [0.15, 0.2) is 0 Å². The quantitative estimate of drug-likeness (QED) is 0.0420. The van der Waals surface area contributed by atoms with Gasteiger partial charge in [0, 0.05) is 6.42 Å². The van der Waals surface area contributed by atoms with Gasteiger partial charge in [0.25, 0.3) is 0 Å². The molecule has 490 valence electrons. The lowest BCUT2D eigenvalue weighted by Gasteiger charge is -2.20. The number of rotatable bonds is 70. The Bertz CT molecular complexity index is 1470. The Morgan fingerprint density at radius 1 is 0.298 bits per heavy atom. The largest absolute Gasteiger partial charge is 0.394 e. The summed E-state index contributed by atoms with van der Waals surface area (Å²) >= 11 is 0. The highest BCUT2D eigenvalue weighted by Gasteiger charge is 2.18. The molecule has 0 aromatic carbocycles. The van der Waals surface area contributed by atoms with Crippen LogP contribution in [0.4, 0.5) is 0 Å². The Labute approximate surface area is 526 Å². The molecule has 2 unspecified atom stereocenters. The molecule has 0 rings (SSSR count). The second kappa shape index (κ2) is 74.8. The fourth-order valence-electron chi connectivity index (χ4n) is 11.7. The van der Waals surface area contributed by atoms with E-state index >= 15 is 0 Å². The average Bonchev–Trinajstić information content (AvgIpc) is 3.51. The number of nitrogens with one attached hydrogen (secondary N) is 1. The molecule has 0 fully saturated rings. The number of amides is 1. The standard InChI is InChI=1S/C80H147NO3/c1-3-5-7-9-11-13-15-17-19-21-23-25-27-29-31-33-35-36-37-38-39-40-41-42-43-44-46-48-50-52-54-56-58-60-62-64-66-68-70-72-74-76-80(84)81-78(77-82)79(83)75-73-71-69-67-65-63-61-59-57-55-53-51-49-47-45-34-32-30-28-26-24-22-20-18-16-14-12-10-8-6-4-2/h5,7,11,13,17,19,23,25,29,31,35-36,73,75,78-79,82-83H,3-4,6,8-10,12,14-16,18,20-22,24,26-28,30,32-34,37-72,74,76-77H2,1-2H3,(H,81,84)/b7-5-,13-11-,19-17-,25-23-,31-29-,36-35-,75-73+. The molecule has 0 aliphatic carbocycles. The molecule has 2 atom stereocenters. The van der Waals surface area contributed by atoms with Crippen LogP contribution in [0.15, 0.2) is 85.1 Å². The number of hydrogen-bond acceptors (Lipinski definition) is 3. The number of aliphatic hydroxyl groups excluding tert-OH is 2. The Kier molecular flexibility index (Phi) is 72.7. The second-order valence-corrected chi connectivity index (χ2v) is 25.7. The number of hydrogen-bond donors (Lipinski definition) is 3. The van der Waals surface area contributed by atoms with E-state index in [-0.39, 0.29) is 12.5 Å². The van der Waals surface area contributed by atoms with Crippen LogP contribution in [0.25, 0.3) is 0 Å². The first kappa shape index (κ1) is 81.6. The summed E-state index contributed by atoms with van der Waals surface area (Å²) in [6.07, 6.45) is 110. The number of allylic oxidation sites excluding steroid dienone is 13. The van der Waals surface area contributed by atoms with Crippen LogP contribution in [0, 0.1) is 0 Å². The molecule has 4 nitrogen and oxygen atoms in total. The minimum Gasteiger partial charge on any atom is -0.394 e. The van der Waals surface area contributed by atoms with Gasteiger partial charge in [-0.1, -0.05) is 407 Å². The molecule has 0 saturated carbocycles. The maximum Gasteiger partial charge on any atom is 0.220 e. The van der Waals surface area contributed by atoms with E-state index in [0.717, 1.165) is 64.2 Å². The highest BCUT2D eigenvalue weighted by molar-refractivity contribution is 5.76. The van der Waals surface area contributed by atoms with E-state index in [2.05, 4.69) is 92.1 Å². The molecule has 0 bridgehead atoms. The summed E-state index contributed by atoms with van der Waals surface area (Å²) in [5.41, 5.74) is 0. The lowest BCUT2D eigenvalue weighted by atomic mass is 10.0. The number of carbonyl (C=O) groups is 1. The summed E-state index contributed by atoms with van der Waals surface area (Å²) in [5, 5.41) is 23.3. The van der Waals surface area contributed by atoms with Crippen LogP contribution in [-0.2, 0) is 4.79 Å². The van der Waals surface area contributed by atoms with Gasteiger partial charge in [0.05, 0.1) is 18.8 Å². The Morgan fingerprint density at radius 2 is 0.524 bits per heavy atom. The van der Waals surface area contributed by atoms with E-state index in [1.54, 1.807) is 6.08 Å². The van der Waals surface area contributed by atoms with Gasteiger partial charge in [0.2, 0.25) is 5.91 Å². The van der Waals surface area contributed by atoms with Crippen LogP contribution in [0.5, 0.6) is 0 Å². The SMILES string of the molecule is CC/C=C\C/C=C\C/C=C\C/C=C\C/C=C\C/C=C\CCCCCCCCCCCCCCCCCCCCCCCCC(=O)NC(CO)C(O)/C=C/CCCCCCCCCCCCCCCCCCCCCCCCCCCCCCC. The minimum atomic E-state index is -0.843. The van der Waals surface area contributed by atoms with Gasteiger partial charge in [-0.15, -0.1) is 0 Å². The topological polar surface area (TPSA) is 69.6 Å². The zero-order chi connectivity index (χ0) is 60.5. The first-order chi connectivity index (χ1) is 41.7. The monoisotopic (exact) mass is 1170 g/mol. The van der Waals surface area contributed by atoms with E-state index in [0.29, 0.717) is 6.42 Å². The van der Waals surface area contributed by atoms with Crippen molar-refractivity contribution in [3.63, 3.8) is 0 Å². The molecule has 84 heavy (non-hydrogen) atoms. The molecule has 1 amide bonds. The Morgan fingerprint density at radius 3 is 0.786 bits per heavy atom. The summed E-state index contributed by atoms with van der Waals surface area (Å²) in [5.74, 6) is -0.0573. The van der Waals surface area contributed by atoms with Crippen molar-refractivity contribution in [3.8, 4) is 0 Å². The summed E-state index contributed by atoms with van der Waals surface area (Å²) < 4.78 is 0. The van der Waals surface area contributed by atoms with Gasteiger partial charge in [-0.3, -0.25) is 4.79 Å². The third-order valence-corrected chi connectivity index (χ3v) is 17.4. The van der Waals surface area contributed by atoms with E-state index in [9.17, 15) is 15.0 Å². The molecule has 3 N–H and O–H groups in total. The zero-order valence-corrected chi connectivity index (χ0v) is 56.7. The molecule has 4 heteroatoms. The highest BCUT2D eigenvalue weighted by Crippen LogP contribution is 2.19. The van der Waals surface area contributed by atoms with Crippen LogP contribution >= 0.6 is 0 Å². The average molecular weight is 1170 g/mol. The first-order valence-corrected chi connectivity index (χ1v) is 37.8. The Hall–Kier alpha value is -2.43. The van der Waals surface area contributed by atoms with Crippen molar-refractivity contribution in [2.75, 3.05) is 6.61 Å².